The first kappa shape index (κ1) is 45.9. The molecule has 2 N–H and O–H groups in total. The van der Waals surface area contributed by atoms with Gasteiger partial charge in [0.2, 0.25) is 11.8 Å². The molecule has 2 amide bonds. The van der Waals surface area contributed by atoms with E-state index in [0.717, 1.165) is 10.8 Å². The number of fused-ring (bicyclic) bond motifs is 2. The van der Waals surface area contributed by atoms with Crippen molar-refractivity contribution in [2.75, 3.05) is 0 Å². The average molecular weight is 813 g/mol. The molecule has 6 rings (SSSR count). The van der Waals surface area contributed by atoms with Gasteiger partial charge >= 0.3 is 59.1 Å². The molecule has 4 aromatic carbocycles. The van der Waals surface area contributed by atoms with Gasteiger partial charge in [0.25, 0.3) is 20.0 Å². The number of amides is 2. The van der Waals surface area contributed by atoms with E-state index in [2.05, 4.69) is 9.97 Å². The summed E-state index contributed by atoms with van der Waals surface area (Å²) in [5.41, 5.74) is 1.05. The monoisotopic (exact) mass is 812 g/mol. The van der Waals surface area contributed by atoms with Gasteiger partial charge in [-0.25, -0.2) is 26.3 Å². The maximum atomic E-state index is 12.5. The van der Waals surface area contributed by atoms with Crippen LogP contribution in [-0.4, -0.2) is 50.6 Å². The minimum Gasteiger partial charge on any atom is -0.549 e. The van der Waals surface area contributed by atoms with Crippen molar-refractivity contribution in [2.45, 2.75) is 22.6 Å². The second kappa shape index (κ2) is 20.6. The van der Waals surface area contributed by atoms with Crippen molar-refractivity contribution in [3.8, 4) is 0 Å². The van der Waals surface area contributed by atoms with E-state index in [4.69, 9.17) is 0 Å². The summed E-state index contributed by atoms with van der Waals surface area (Å²) in [6, 6.07) is 29.2. The molecule has 14 nitrogen and oxygen atoms in total. The predicted molar refractivity (Wildman–Crippen MR) is 191 cm³/mol. The zero-order chi connectivity index (χ0) is 38.9. The normalized spacial score (nSPS) is 12.0. The molecule has 18 heteroatoms. The second-order valence-corrected chi connectivity index (χ2v) is 15.2. The molecule has 0 aliphatic rings. The number of benzene rings is 4. The molecule has 2 heterocycles. The van der Waals surface area contributed by atoms with Crippen LogP contribution in [0.1, 0.15) is 11.1 Å². The van der Waals surface area contributed by atoms with Gasteiger partial charge in [-0.3, -0.25) is 19.6 Å². The molecular formula is C38H30N4Na2O10S2. The quantitative estimate of drug-likeness (QED) is 0.0878. The number of nitrogens with one attached hydrogen (secondary N) is 2. The smallest absolute Gasteiger partial charge is 0.549 e. The first-order valence-electron chi connectivity index (χ1n) is 16.0. The van der Waals surface area contributed by atoms with E-state index in [1.165, 1.54) is 49.1 Å². The molecule has 0 fully saturated rings. The summed E-state index contributed by atoms with van der Waals surface area (Å²) in [7, 11) is -8.45. The van der Waals surface area contributed by atoms with Gasteiger partial charge in [-0.1, -0.05) is 60.7 Å². The van der Waals surface area contributed by atoms with Gasteiger partial charge in [-0.05, 0) is 94.0 Å². The molecule has 0 spiro atoms. The number of nitrogens with zero attached hydrogens (tertiary/aromatic N) is 2. The minimum atomic E-state index is -4.22. The van der Waals surface area contributed by atoms with E-state index in [1.54, 1.807) is 60.7 Å². The SMILES string of the molecule is O=C([O-])C(Cc1ccncc1)C(=O)NS(=O)(=O)c1ccc2ccccc2c1.O=C([O-])C(Cc1ccncc1)C(=O)NS(=O)(=O)c1ccc2ccccc2c1.[Na+].[Na+]. The number of aliphatic carboxylic acids is 2. The fraction of sp³-hybridized carbons (Fsp3) is 0.105. The van der Waals surface area contributed by atoms with Crippen LogP contribution in [0, 0.1) is 11.8 Å². The molecule has 0 aliphatic heterocycles. The second-order valence-electron chi connectivity index (χ2n) is 11.8. The van der Waals surface area contributed by atoms with Crippen molar-refractivity contribution in [1.82, 2.24) is 19.4 Å². The molecule has 0 saturated carbocycles. The minimum absolute atomic E-state index is 0. The molecule has 56 heavy (non-hydrogen) atoms. The first-order valence-corrected chi connectivity index (χ1v) is 19.0. The summed E-state index contributed by atoms with van der Waals surface area (Å²) in [6.07, 6.45) is 5.39. The number of rotatable bonds is 12. The Balaban J connectivity index is 0.000000290. The van der Waals surface area contributed by atoms with Crippen LogP contribution in [0.5, 0.6) is 0 Å². The number of carboxylic acid groups (broad SMARTS) is 2. The Labute approximate surface area is 366 Å². The van der Waals surface area contributed by atoms with Gasteiger partial charge in [-0.2, -0.15) is 0 Å². The van der Waals surface area contributed by atoms with Crippen molar-refractivity contribution in [2.24, 2.45) is 11.8 Å². The van der Waals surface area contributed by atoms with Gasteiger partial charge in [-0.15, -0.1) is 0 Å². The van der Waals surface area contributed by atoms with Crippen LogP contribution >= 0.6 is 0 Å². The molecule has 2 atom stereocenters. The van der Waals surface area contributed by atoms with Crippen LogP contribution in [0.3, 0.4) is 0 Å². The summed E-state index contributed by atoms with van der Waals surface area (Å²) in [6.45, 7) is 0. The summed E-state index contributed by atoms with van der Waals surface area (Å²) in [5, 5.41) is 25.8. The standard InChI is InChI=1S/2C19H16N2O5S.2Na/c2*22-18(17(19(23)24)11-13-7-9-20-10-8-13)21-27(25,26)16-6-5-14-3-1-2-4-15(14)12-16;;/h2*1-10,12,17H,11H2,(H,21,22)(H,23,24);;/q;;2*+1/p-2. The number of carbonyl (C=O) groups is 4. The molecule has 2 unspecified atom stereocenters. The van der Waals surface area contributed by atoms with Crippen LogP contribution in [0.25, 0.3) is 21.5 Å². The Morgan fingerprint density at radius 1 is 0.500 bits per heavy atom. The molecular weight excluding hydrogens is 783 g/mol. The Kier molecular flexibility index (Phi) is 16.9. The van der Waals surface area contributed by atoms with E-state index >= 15 is 0 Å². The van der Waals surface area contributed by atoms with Crippen molar-refractivity contribution in [3.05, 3.63) is 145 Å². The van der Waals surface area contributed by atoms with E-state index < -0.39 is 55.6 Å². The Hall–Kier alpha value is -4.52. The fourth-order valence-corrected chi connectivity index (χ4v) is 7.38. The van der Waals surface area contributed by atoms with Gasteiger partial charge in [0, 0.05) is 24.8 Å². The number of aromatic nitrogens is 2. The van der Waals surface area contributed by atoms with Gasteiger partial charge < -0.3 is 19.8 Å². The third kappa shape index (κ3) is 12.2. The van der Waals surface area contributed by atoms with E-state index in [1.807, 2.05) is 33.7 Å². The largest absolute Gasteiger partial charge is 1.00 e. The predicted octanol–water partition coefficient (Wildman–Crippen LogP) is -4.69. The molecule has 276 valence electrons. The molecule has 0 bridgehead atoms. The summed E-state index contributed by atoms with van der Waals surface area (Å²) < 4.78 is 53.7. The Bertz CT molecular complexity index is 2390. The van der Waals surface area contributed by atoms with Crippen molar-refractivity contribution in [1.29, 1.82) is 0 Å². The van der Waals surface area contributed by atoms with Gasteiger partial charge in [0.15, 0.2) is 0 Å². The zero-order valence-electron chi connectivity index (χ0n) is 30.1. The zero-order valence-corrected chi connectivity index (χ0v) is 35.7. The summed E-state index contributed by atoms with van der Waals surface area (Å²) in [4.78, 5) is 54.7. The maximum absolute atomic E-state index is 12.5. The Morgan fingerprint density at radius 3 is 1.14 bits per heavy atom. The Morgan fingerprint density at radius 2 is 0.821 bits per heavy atom. The van der Waals surface area contributed by atoms with Crippen LogP contribution in [-0.2, 0) is 52.1 Å². The molecule has 0 saturated heterocycles. The summed E-state index contributed by atoms with van der Waals surface area (Å²) >= 11 is 0. The summed E-state index contributed by atoms with van der Waals surface area (Å²) in [5.74, 6) is -8.92. The van der Waals surface area contributed by atoms with E-state index in [-0.39, 0.29) is 81.7 Å². The molecule has 6 aromatic rings. The van der Waals surface area contributed by atoms with Crippen LogP contribution in [0.15, 0.2) is 144 Å². The van der Waals surface area contributed by atoms with Gasteiger partial charge in [0.1, 0.15) is 0 Å². The van der Waals surface area contributed by atoms with Crippen LogP contribution in [0.4, 0.5) is 0 Å². The van der Waals surface area contributed by atoms with Crippen LogP contribution < -0.4 is 78.8 Å². The molecule has 0 radical (unpaired) electrons. The number of hydrogen-bond donors (Lipinski definition) is 2. The van der Waals surface area contributed by atoms with Crippen molar-refractivity contribution < 1.29 is 105 Å². The molecule has 0 aliphatic carbocycles. The van der Waals surface area contributed by atoms with Crippen LogP contribution in [0.2, 0.25) is 0 Å². The average Bonchev–Trinajstić information content (AvgIpc) is 3.16. The van der Waals surface area contributed by atoms with Gasteiger partial charge in [0.05, 0.1) is 33.6 Å². The number of carbonyl (C=O) groups excluding carboxylic acids is 4. The topological polar surface area (TPSA) is 233 Å². The maximum Gasteiger partial charge on any atom is 1.00 e. The van der Waals surface area contributed by atoms with Crippen molar-refractivity contribution in [3.63, 3.8) is 0 Å². The number of pyridine rings is 2. The van der Waals surface area contributed by atoms with E-state index in [9.17, 15) is 46.2 Å². The number of carboxylic acids is 2. The number of hydrogen-bond acceptors (Lipinski definition) is 12. The fourth-order valence-electron chi connectivity index (χ4n) is 5.27. The van der Waals surface area contributed by atoms with E-state index in [0.29, 0.717) is 21.9 Å². The van der Waals surface area contributed by atoms with Crippen molar-refractivity contribution >= 4 is 65.3 Å². The molecule has 2 aromatic heterocycles. The first-order chi connectivity index (χ1) is 25.7. The third-order valence-electron chi connectivity index (χ3n) is 8.11. The third-order valence-corrected chi connectivity index (χ3v) is 10.8. The number of sulfonamides is 2.